The van der Waals surface area contributed by atoms with Crippen LogP contribution in [-0.4, -0.2) is 77.4 Å². The molecule has 1 fully saturated rings. The van der Waals surface area contributed by atoms with E-state index in [-0.39, 0.29) is 57.6 Å². The topological polar surface area (TPSA) is 173 Å². The lowest BCUT2D eigenvalue weighted by atomic mass is 9.77. The molecule has 6 rings (SSSR count). The number of phenols is 1. The molecule has 9 atom stereocenters. The average molecular weight is 736 g/mol. The molecule has 1 aromatic carbocycles. The number of carbonyl (C=O) groups excluding carboxylic acids is 5. The summed E-state index contributed by atoms with van der Waals surface area (Å²) >= 11 is 0. The van der Waals surface area contributed by atoms with Gasteiger partial charge in [-0.15, -0.1) is 0 Å². The Balaban J connectivity index is 1.62. The number of nitrogens with one attached hydrogen (secondary N) is 1. The number of carbonyl (C=O) groups is 5. The number of ketones is 3. The van der Waals surface area contributed by atoms with E-state index in [0.29, 0.717) is 0 Å². The van der Waals surface area contributed by atoms with Crippen molar-refractivity contribution >= 4 is 29.2 Å². The molecule has 4 aliphatic heterocycles. The zero-order valence-electron chi connectivity index (χ0n) is 32.0. The van der Waals surface area contributed by atoms with Gasteiger partial charge in [0.25, 0.3) is 11.7 Å². The standard InChI is InChI=1S/C40H49NO12/c1-18-13-12-14-19(2)38(47)41-25-17-26(43)28-29(32(25)45)31(44)21(4)36-30(28)37(46)40(10,53-36)49-16-15-27(48-11)20(3)34(50-24(7)42)23(6)35-22(5)33(18)51-39(8,9)52-35/h12-18,20,22-23,27,33-35,44H,1-11H3,(H,41,47)/t18-,20-,22+,23+,27+,33+,34+,35-,40-/m0/s1. The SMILES string of the molecule is CO[C@@H]1C=CO[C@@]2(C)Oc3c(C)c(O)c4c(c3C2=O)C(=O)C=C(NC(=O)C(C)=CC=C[C@H](C)[C@H]2OC(C)(C)O[C@H]([C@H](C)[C@H](OC(C)=O)[C@H]1C)[C@@H]2C)C4=O. The summed E-state index contributed by atoms with van der Waals surface area (Å²) in [6.45, 7) is 17.2. The second kappa shape index (κ2) is 14.7. The summed E-state index contributed by atoms with van der Waals surface area (Å²) in [4.78, 5) is 67.0. The maximum absolute atomic E-state index is 14.0. The van der Waals surface area contributed by atoms with Gasteiger partial charge in [0, 0.05) is 61.8 Å². The molecule has 5 aliphatic rings. The van der Waals surface area contributed by atoms with E-state index in [1.807, 2.05) is 47.6 Å². The Morgan fingerprint density at radius 1 is 0.906 bits per heavy atom. The van der Waals surface area contributed by atoms with Crippen molar-refractivity contribution in [1.82, 2.24) is 5.32 Å². The molecular formula is C40H49NO12. The fourth-order valence-corrected chi connectivity index (χ4v) is 7.71. The summed E-state index contributed by atoms with van der Waals surface area (Å²) in [5, 5.41) is 13.7. The van der Waals surface area contributed by atoms with Crippen LogP contribution in [0.5, 0.6) is 11.5 Å². The summed E-state index contributed by atoms with van der Waals surface area (Å²) in [6, 6.07) is 0. The van der Waals surface area contributed by atoms with Crippen molar-refractivity contribution in [3.8, 4) is 11.5 Å². The van der Waals surface area contributed by atoms with Gasteiger partial charge in [-0.05, 0) is 33.8 Å². The lowest BCUT2D eigenvalue weighted by Crippen LogP contribution is -2.56. The van der Waals surface area contributed by atoms with Gasteiger partial charge in [0.2, 0.25) is 5.78 Å². The first kappa shape index (κ1) is 39.6. The largest absolute Gasteiger partial charge is 0.507 e. The van der Waals surface area contributed by atoms with Crippen LogP contribution < -0.4 is 10.1 Å². The summed E-state index contributed by atoms with van der Waals surface area (Å²) in [5.74, 6) is -8.33. The van der Waals surface area contributed by atoms with Gasteiger partial charge >= 0.3 is 11.8 Å². The maximum Gasteiger partial charge on any atom is 0.312 e. The summed E-state index contributed by atoms with van der Waals surface area (Å²) in [5.41, 5.74) is -1.07. The Bertz CT molecular complexity index is 1850. The molecule has 53 heavy (non-hydrogen) atoms. The number of hydrogen-bond donors (Lipinski definition) is 2. The molecule has 286 valence electrons. The summed E-state index contributed by atoms with van der Waals surface area (Å²) < 4.78 is 36.6. The number of aromatic hydroxyl groups is 1. The lowest BCUT2D eigenvalue weighted by Gasteiger charge is -2.50. The van der Waals surface area contributed by atoms with E-state index < -0.39 is 76.3 Å². The van der Waals surface area contributed by atoms with E-state index in [4.69, 9.17) is 28.4 Å². The van der Waals surface area contributed by atoms with Gasteiger partial charge in [0.05, 0.1) is 47.0 Å². The molecule has 7 bridgehead atoms. The van der Waals surface area contributed by atoms with Crippen LogP contribution in [0, 0.1) is 30.6 Å². The highest BCUT2D eigenvalue weighted by Crippen LogP contribution is 2.48. The minimum absolute atomic E-state index is 0.0356. The van der Waals surface area contributed by atoms with Crippen molar-refractivity contribution in [3.05, 3.63) is 70.2 Å². The van der Waals surface area contributed by atoms with Gasteiger partial charge in [0.1, 0.15) is 17.6 Å². The number of methoxy groups -OCH3 is 1. The molecule has 4 heterocycles. The molecule has 0 unspecified atom stereocenters. The van der Waals surface area contributed by atoms with Crippen molar-refractivity contribution in [2.24, 2.45) is 23.7 Å². The zero-order chi connectivity index (χ0) is 39.3. The quantitative estimate of drug-likeness (QED) is 0.370. The molecule has 0 saturated carbocycles. The number of amides is 1. The molecular weight excluding hydrogens is 686 g/mol. The Hall–Kier alpha value is -4.59. The fourth-order valence-electron chi connectivity index (χ4n) is 7.71. The van der Waals surface area contributed by atoms with Crippen LogP contribution in [0.4, 0.5) is 0 Å². The van der Waals surface area contributed by atoms with Crippen molar-refractivity contribution in [1.29, 1.82) is 0 Å². The number of hydrogen-bond acceptors (Lipinski definition) is 12. The summed E-state index contributed by atoms with van der Waals surface area (Å²) in [6.07, 6.45) is 6.77. The van der Waals surface area contributed by atoms with Gasteiger partial charge < -0.3 is 38.8 Å². The van der Waals surface area contributed by atoms with Crippen LogP contribution in [0.15, 0.2) is 47.9 Å². The molecule has 1 aliphatic carbocycles. The highest BCUT2D eigenvalue weighted by Gasteiger charge is 2.52. The highest BCUT2D eigenvalue weighted by molar-refractivity contribution is 6.30. The smallest absolute Gasteiger partial charge is 0.312 e. The molecule has 0 radical (unpaired) electrons. The Labute approximate surface area is 309 Å². The van der Waals surface area contributed by atoms with Crippen LogP contribution in [0.3, 0.4) is 0 Å². The predicted molar refractivity (Wildman–Crippen MR) is 191 cm³/mol. The minimum atomic E-state index is -2.00. The van der Waals surface area contributed by atoms with Gasteiger partial charge in [0.15, 0.2) is 11.6 Å². The predicted octanol–water partition coefficient (Wildman–Crippen LogP) is 5.43. The van der Waals surface area contributed by atoms with Crippen molar-refractivity contribution in [2.75, 3.05) is 7.11 Å². The molecule has 1 amide bonds. The Kier molecular flexibility index (Phi) is 11.0. The lowest BCUT2D eigenvalue weighted by molar-refractivity contribution is -0.336. The third kappa shape index (κ3) is 7.34. The monoisotopic (exact) mass is 735 g/mol. The zero-order valence-corrected chi connectivity index (χ0v) is 32.0. The van der Waals surface area contributed by atoms with Gasteiger partial charge in [-0.25, -0.2) is 0 Å². The molecule has 13 nitrogen and oxygen atoms in total. The second-order valence-electron chi connectivity index (χ2n) is 15.0. The van der Waals surface area contributed by atoms with Crippen LogP contribution >= 0.6 is 0 Å². The Morgan fingerprint density at radius 2 is 1.57 bits per heavy atom. The number of rotatable bonds is 2. The van der Waals surface area contributed by atoms with E-state index in [1.54, 1.807) is 25.2 Å². The van der Waals surface area contributed by atoms with E-state index in [0.717, 1.165) is 6.08 Å². The number of fused-ring (bicyclic) bond motifs is 10. The molecule has 2 N–H and O–H groups in total. The van der Waals surface area contributed by atoms with Crippen LogP contribution in [-0.2, 0) is 33.3 Å². The van der Waals surface area contributed by atoms with Gasteiger partial charge in [-0.1, -0.05) is 45.9 Å². The highest BCUT2D eigenvalue weighted by atomic mass is 16.7. The molecule has 1 saturated heterocycles. The van der Waals surface area contributed by atoms with E-state index >= 15 is 0 Å². The number of Topliss-reactive ketones (excluding diaryl/α,β-unsaturated/α-hetero) is 2. The number of allylic oxidation sites excluding steroid dienone is 4. The van der Waals surface area contributed by atoms with E-state index in [1.165, 1.54) is 34.1 Å². The first-order chi connectivity index (χ1) is 24.7. The molecule has 13 heteroatoms. The first-order valence-corrected chi connectivity index (χ1v) is 17.7. The normalized spacial score (nSPS) is 33.0. The number of benzene rings is 1. The third-order valence-corrected chi connectivity index (χ3v) is 10.6. The van der Waals surface area contributed by atoms with Crippen molar-refractivity contribution in [3.63, 3.8) is 0 Å². The summed E-state index contributed by atoms with van der Waals surface area (Å²) in [7, 11) is 1.49. The van der Waals surface area contributed by atoms with Crippen molar-refractivity contribution < 1.29 is 57.5 Å². The van der Waals surface area contributed by atoms with Crippen LogP contribution in [0.1, 0.15) is 99.0 Å². The van der Waals surface area contributed by atoms with E-state index in [9.17, 15) is 29.1 Å². The van der Waals surface area contributed by atoms with Crippen molar-refractivity contribution in [2.45, 2.75) is 105 Å². The molecule has 0 spiro atoms. The minimum Gasteiger partial charge on any atom is -0.507 e. The number of ether oxygens (including phenoxy) is 6. The van der Waals surface area contributed by atoms with Crippen LogP contribution in [0.2, 0.25) is 0 Å². The average Bonchev–Trinajstić information content (AvgIpc) is 3.35. The number of esters is 1. The third-order valence-electron chi connectivity index (χ3n) is 10.6. The fraction of sp³-hybridized carbons (Fsp3) is 0.525. The van der Waals surface area contributed by atoms with E-state index in [2.05, 4.69) is 5.32 Å². The van der Waals surface area contributed by atoms with Gasteiger partial charge in [-0.3, -0.25) is 24.0 Å². The van der Waals surface area contributed by atoms with Gasteiger partial charge in [-0.2, -0.15) is 0 Å². The molecule has 0 aromatic heterocycles. The second-order valence-corrected chi connectivity index (χ2v) is 15.0. The van der Waals surface area contributed by atoms with Crippen LogP contribution in [0.25, 0.3) is 0 Å². The Morgan fingerprint density at radius 3 is 2.21 bits per heavy atom. The maximum atomic E-state index is 14.0. The number of phenolic OH excluding ortho intramolecular Hbond substituents is 1. The molecule has 1 aromatic rings. The first-order valence-electron chi connectivity index (χ1n) is 17.7.